The standard InChI is InChI=1S/C15H15ClN4O3S/c1-2-7-20-14(10-3-5-11(16)6-4-10)18-19-15(20)24-9-13(22)23-8-12(17)21/h2-6H,1,7-9H2,(H2,17,21). The fourth-order valence-electron chi connectivity index (χ4n) is 1.82. The van der Waals surface area contributed by atoms with Gasteiger partial charge >= 0.3 is 5.97 Å². The number of allylic oxidation sites excluding steroid dienone is 1. The van der Waals surface area contributed by atoms with E-state index < -0.39 is 18.5 Å². The first-order valence-corrected chi connectivity index (χ1v) is 8.24. The molecular formula is C15H15ClN4O3S. The average molecular weight is 367 g/mol. The molecule has 0 aliphatic carbocycles. The molecule has 0 atom stereocenters. The number of benzene rings is 1. The lowest BCUT2D eigenvalue weighted by Gasteiger charge is -2.07. The molecule has 0 saturated heterocycles. The van der Waals surface area contributed by atoms with Gasteiger partial charge in [-0.3, -0.25) is 14.2 Å². The van der Waals surface area contributed by atoms with Gasteiger partial charge in [0, 0.05) is 17.1 Å². The number of carbonyl (C=O) groups excluding carboxylic acids is 2. The van der Waals surface area contributed by atoms with Crippen LogP contribution in [0.25, 0.3) is 11.4 Å². The van der Waals surface area contributed by atoms with Gasteiger partial charge in [0.05, 0.1) is 5.75 Å². The molecule has 9 heteroatoms. The number of hydrogen-bond acceptors (Lipinski definition) is 6. The summed E-state index contributed by atoms with van der Waals surface area (Å²) in [6.07, 6.45) is 1.71. The number of rotatable bonds is 8. The topological polar surface area (TPSA) is 100 Å². The second-order valence-electron chi connectivity index (χ2n) is 4.63. The van der Waals surface area contributed by atoms with Crippen LogP contribution in [0.5, 0.6) is 0 Å². The summed E-state index contributed by atoms with van der Waals surface area (Å²) >= 11 is 7.05. The van der Waals surface area contributed by atoms with Crippen molar-refractivity contribution in [2.75, 3.05) is 12.4 Å². The highest BCUT2D eigenvalue weighted by Crippen LogP contribution is 2.25. The lowest BCUT2D eigenvalue weighted by Crippen LogP contribution is -2.21. The third kappa shape index (κ3) is 4.84. The van der Waals surface area contributed by atoms with Crippen LogP contribution in [-0.4, -0.2) is 39.0 Å². The molecule has 1 aromatic heterocycles. The number of hydrogen-bond donors (Lipinski definition) is 1. The van der Waals surface area contributed by atoms with E-state index in [2.05, 4.69) is 16.8 Å². The number of aromatic nitrogens is 3. The summed E-state index contributed by atoms with van der Waals surface area (Å²) < 4.78 is 6.52. The van der Waals surface area contributed by atoms with E-state index in [1.54, 1.807) is 18.2 Å². The van der Waals surface area contributed by atoms with E-state index in [1.807, 2.05) is 16.7 Å². The van der Waals surface area contributed by atoms with E-state index in [4.69, 9.17) is 22.1 Å². The molecule has 0 bridgehead atoms. The third-order valence-electron chi connectivity index (χ3n) is 2.83. The van der Waals surface area contributed by atoms with Gasteiger partial charge in [-0.15, -0.1) is 16.8 Å². The van der Waals surface area contributed by atoms with Gasteiger partial charge in [0.1, 0.15) is 0 Å². The molecule has 1 heterocycles. The van der Waals surface area contributed by atoms with Gasteiger partial charge in [-0.2, -0.15) is 0 Å². The van der Waals surface area contributed by atoms with Crippen molar-refractivity contribution in [3.8, 4) is 11.4 Å². The fraction of sp³-hybridized carbons (Fsp3) is 0.200. The third-order valence-corrected chi connectivity index (χ3v) is 4.02. The highest BCUT2D eigenvalue weighted by molar-refractivity contribution is 7.99. The van der Waals surface area contributed by atoms with Crippen molar-refractivity contribution >= 4 is 35.2 Å². The number of esters is 1. The van der Waals surface area contributed by atoms with E-state index in [1.165, 1.54) is 0 Å². The van der Waals surface area contributed by atoms with Crippen LogP contribution >= 0.6 is 23.4 Å². The molecular weight excluding hydrogens is 352 g/mol. The minimum Gasteiger partial charge on any atom is -0.455 e. The molecule has 126 valence electrons. The van der Waals surface area contributed by atoms with E-state index in [9.17, 15) is 9.59 Å². The zero-order chi connectivity index (χ0) is 17.5. The zero-order valence-electron chi connectivity index (χ0n) is 12.6. The first kappa shape index (κ1) is 18.0. The molecule has 0 radical (unpaired) electrons. The minimum atomic E-state index is -0.701. The maximum atomic E-state index is 11.6. The van der Waals surface area contributed by atoms with Gasteiger partial charge in [-0.25, -0.2) is 0 Å². The van der Waals surface area contributed by atoms with Crippen molar-refractivity contribution in [1.82, 2.24) is 14.8 Å². The predicted molar refractivity (Wildman–Crippen MR) is 91.5 cm³/mol. The zero-order valence-corrected chi connectivity index (χ0v) is 14.2. The quantitative estimate of drug-likeness (QED) is 0.435. The van der Waals surface area contributed by atoms with Crippen molar-refractivity contribution < 1.29 is 14.3 Å². The van der Waals surface area contributed by atoms with Crippen molar-refractivity contribution in [2.45, 2.75) is 11.7 Å². The van der Waals surface area contributed by atoms with Crippen LogP contribution in [0, 0.1) is 0 Å². The van der Waals surface area contributed by atoms with Gasteiger partial charge in [-0.1, -0.05) is 29.4 Å². The van der Waals surface area contributed by atoms with Crippen LogP contribution in [0.1, 0.15) is 0 Å². The lowest BCUT2D eigenvalue weighted by atomic mass is 10.2. The summed E-state index contributed by atoms with van der Waals surface area (Å²) in [5.41, 5.74) is 5.76. The Kier molecular flexibility index (Phi) is 6.39. The Labute approximate surface area is 147 Å². The number of carbonyl (C=O) groups is 2. The van der Waals surface area contributed by atoms with Crippen molar-refractivity contribution in [2.24, 2.45) is 5.73 Å². The van der Waals surface area contributed by atoms with E-state index in [-0.39, 0.29) is 5.75 Å². The highest BCUT2D eigenvalue weighted by Gasteiger charge is 2.15. The van der Waals surface area contributed by atoms with Gasteiger partial charge in [0.25, 0.3) is 5.91 Å². The maximum Gasteiger partial charge on any atom is 0.316 e. The summed E-state index contributed by atoms with van der Waals surface area (Å²) in [5.74, 6) is -0.629. The smallest absolute Gasteiger partial charge is 0.316 e. The number of thioether (sulfide) groups is 1. The molecule has 7 nitrogen and oxygen atoms in total. The second kappa shape index (κ2) is 8.51. The predicted octanol–water partition coefficient (Wildman–Crippen LogP) is 1.91. The fourth-order valence-corrected chi connectivity index (χ4v) is 2.69. The molecule has 0 unspecified atom stereocenters. The van der Waals surface area contributed by atoms with Crippen LogP contribution in [0.2, 0.25) is 5.02 Å². The number of amides is 1. The monoisotopic (exact) mass is 366 g/mol. The van der Waals surface area contributed by atoms with E-state index in [0.29, 0.717) is 22.5 Å². The maximum absolute atomic E-state index is 11.6. The van der Waals surface area contributed by atoms with Crippen LogP contribution in [0.3, 0.4) is 0 Å². The Hall–Kier alpha value is -2.32. The molecule has 24 heavy (non-hydrogen) atoms. The van der Waals surface area contributed by atoms with Gasteiger partial charge in [-0.05, 0) is 24.3 Å². The molecule has 2 N–H and O–H groups in total. The molecule has 1 amide bonds. The summed E-state index contributed by atoms with van der Waals surface area (Å²) in [6.45, 7) is 3.76. The van der Waals surface area contributed by atoms with Crippen molar-refractivity contribution in [1.29, 1.82) is 0 Å². The van der Waals surface area contributed by atoms with Crippen molar-refractivity contribution in [3.05, 3.63) is 41.9 Å². The normalized spacial score (nSPS) is 10.4. The van der Waals surface area contributed by atoms with E-state index in [0.717, 1.165) is 17.3 Å². The summed E-state index contributed by atoms with van der Waals surface area (Å²) in [6, 6.07) is 7.19. The first-order valence-electron chi connectivity index (χ1n) is 6.88. The highest BCUT2D eigenvalue weighted by atomic mass is 35.5. The van der Waals surface area contributed by atoms with Crippen LogP contribution in [0.15, 0.2) is 42.1 Å². The number of nitrogens with two attached hydrogens (primary N) is 1. The Bertz CT molecular complexity index is 746. The van der Waals surface area contributed by atoms with Crippen LogP contribution in [-0.2, 0) is 20.9 Å². The Morgan fingerprint density at radius 2 is 2.04 bits per heavy atom. The second-order valence-corrected chi connectivity index (χ2v) is 6.01. The average Bonchev–Trinajstić information content (AvgIpc) is 2.95. The van der Waals surface area contributed by atoms with Crippen molar-refractivity contribution in [3.63, 3.8) is 0 Å². The molecule has 0 spiro atoms. The SMILES string of the molecule is C=CCn1c(SCC(=O)OCC(N)=O)nnc1-c1ccc(Cl)cc1. The molecule has 0 aliphatic rings. The van der Waals surface area contributed by atoms with Crippen LogP contribution in [0.4, 0.5) is 0 Å². The Morgan fingerprint density at radius 3 is 2.67 bits per heavy atom. The summed E-state index contributed by atoms with van der Waals surface area (Å²) in [5, 5.41) is 9.42. The number of halogens is 1. The molecule has 0 saturated carbocycles. The molecule has 2 aromatic rings. The number of nitrogens with zero attached hydrogens (tertiary/aromatic N) is 3. The first-order chi connectivity index (χ1) is 11.5. The lowest BCUT2D eigenvalue weighted by molar-refractivity contribution is -0.145. The van der Waals surface area contributed by atoms with Crippen LogP contribution < -0.4 is 5.73 Å². The van der Waals surface area contributed by atoms with Gasteiger partial charge in [0.2, 0.25) is 0 Å². The minimum absolute atomic E-state index is 0.0107. The summed E-state index contributed by atoms with van der Waals surface area (Å²) in [7, 11) is 0. The molecule has 0 fully saturated rings. The van der Waals surface area contributed by atoms with Gasteiger partial charge < -0.3 is 10.5 Å². The van der Waals surface area contributed by atoms with Gasteiger partial charge in [0.15, 0.2) is 17.6 Å². The Balaban J connectivity index is 2.13. The number of ether oxygens (including phenoxy) is 1. The Morgan fingerprint density at radius 1 is 1.33 bits per heavy atom. The molecule has 2 rings (SSSR count). The largest absolute Gasteiger partial charge is 0.455 e. The number of primary amides is 1. The molecule has 0 aliphatic heterocycles. The molecule has 1 aromatic carbocycles. The summed E-state index contributed by atoms with van der Waals surface area (Å²) in [4.78, 5) is 22.2. The van der Waals surface area contributed by atoms with E-state index >= 15 is 0 Å².